The molecule has 1 saturated carbocycles. The first-order valence-corrected chi connectivity index (χ1v) is 6.47. The largest absolute Gasteiger partial charge is 0.493 e. The van der Waals surface area contributed by atoms with Gasteiger partial charge in [-0.1, -0.05) is 0 Å². The summed E-state index contributed by atoms with van der Waals surface area (Å²) in [4.78, 5) is 0. The molecule has 0 spiro atoms. The third kappa shape index (κ3) is 3.35. The van der Waals surface area contributed by atoms with Gasteiger partial charge in [-0.25, -0.2) is 4.39 Å². The summed E-state index contributed by atoms with van der Waals surface area (Å²) in [5, 5.41) is 0. The number of unbranched alkanes of at least 4 members (excludes halogenated alkanes) is 1. The van der Waals surface area contributed by atoms with Crippen molar-refractivity contribution in [3.63, 3.8) is 0 Å². The van der Waals surface area contributed by atoms with Crippen LogP contribution < -0.4 is 15.2 Å². The van der Waals surface area contributed by atoms with Gasteiger partial charge in [-0.15, -0.1) is 0 Å². The lowest BCUT2D eigenvalue weighted by Crippen LogP contribution is -2.04. The van der Waals surface area contributed by atoms with E-state index in [9.17, 15) is 4.39 Å². The van der Waals surface area contributed by atoms with Crippen LogP contribution in [0.1, 0.15) is 31.2 Å². The average Bonchev–Trinajstić information content (AvgIpc) is 3.16. The maximum absolute atomic E-state index is 13.5. The molecule has 0 amide bonds. The molecule has 0 atom stereocenters. The fraction of sp³-hybridized carbons (Fsp3) is 0.571. The predicted octanol–water partition coefficient (Wildman–Crippen LogP) is 2.66. The van der Waals surface area contributed by atoms with Crippen molar-refractivity contribution in [2.45, 2.75) is 38.2 Å². The summed E-state index contributed by atoms with van der Waals surface area (Å²) < 4.78 is 24.6. The monoisotopic (exact) mass is 253 g/mol. The molecule has 1 aromatic rings. The van der Waals surface area contributed by atoms with Crippen molar-refractivity contribution < 1.29 is 13.9 Å². The molecule has 0 unspecified atom stereocenters. The van der Waals surface area contributed by atoms with Gasteiger partial charge in [-0.2, -0.15) is 0 Å². The van der Waals surface area contributed by atoms with Crippen molar-refractivity contribution in [2.24, 2.45) is 5.73 Å². The number of methoxy groups -OCH3 is 1. The molecule has 0 saturated heterocycles. The van der Waals surface area contributed by atoms with E-state index in [0.29, 0.717) is 18.0 Å². The van der Waals surface area contributed by atoms with Crippen LogP contribution in [0.5, 0.6) is 11.5 Å². The second kappa shape index (κ2) is 6.05. The van der Waals surface area contributed by atoms with Gasteiger partial charge in [-0.05, 0) is 44.7 Å². The van der Waals surface area contributed by atoms with Crippen LogP contribution in [-0.2, 0) is 6.42 Å². The van der Waals surface area contributed by atoms with Gasteiger partial charge in [0.1, 0.15) is 5.82 Å². The van der Waals surface area contributed by atoms with Crippen molar-refractivity contribution in [1.82, 2.24) is 0 Å². The minimum atomic E-state index is -0.280. The molecule has 100 valence electrons. The number of benzene rings is 1. The van der Waals surface area contributed by atoms with Gasteiger partial charge in [0.25, 0.3) is 0 Å². The van der Waals surface area contributed by atoms with Gasteiger partial charge in [-0.3, -0.25) is 0 Å². The Morgan fingerprint density at radius 3 is 2.72 bits per heavy atom. The Bertz CT molecular complexity index is 405. The highest BCUT2D eigenvalue weighted by Gasteiger charge is 2.26. The molecule has 2 N–H and O–H groups in total. The quantitative estimate of drug-likeness (QED) is 0.760. The highest BCUT2D eigenvalue weighted by molar-refractivity contribution is 5.47. The average molecular weight is 253 g/mol. The van der Waals surface area contributed by atoms with Crippen molar-refractivity contribution >= 4 is 0 Å². The van der Waals surface area contributed by atoms with E-state index < -0.39 is 0 Å². The summed E-state index contributed by atoms with van der Waals surface area (Å²) in [5.74, 6) is 0.917. The van der Waals surface area contributed by atoms with Gasteiger partial charge in [0.2, 0.25) is 0 Å². The molecule has 0 heterocycles. The molecule has 1 aliphatic rings. The summed E-state index contributed by atoms with van der Waals surface area (Å²) >= 11 is 0. The zero-order valence-electron chi connectivity index (χ0n) is 10.7. The van der Waals surface area contributed by atoms with E-state index in [-0.39, 0.29) is 11.9 Å². The van der Waals surface area contributed by atoms with Gasteiger partial charge < -0.3 is 15.2 Å². The molecule has 2 rings (SSSR count). The van der Waals surface area contributed by atoms with Crippen LogP contribution in [0.3, 0.4) is 0 Å². The maximum atomic E-state index is 13.5. The van der Waals surface area contributed by atoms with Crippen LogP contribution in [0, 0.1) is 5.82 Å². The maximum Gasteiger partial charge on any atom is 0.164 e. The lowest BCUT2D eigenvalue weighted by molar-refractivity contribution is 0.277. The van der Waals surface area contributed by atoms with Crippen LogP contribution in [0.4, 0.5) is 4.39 Å². The Kier molecular flexibility index (Phi) is 4.42. The summed E-state index contributed by atoms with van der Waals surface area (Å²) in [6.45, 7) is 0.658. The molecule has 1 aromatic carbocycles. The summed E-state index contributed by atoms with van der Waals surface area (Å²) in [5.41, 5.74) is 6.36. The third-order valence-corrected chi connectivity index (χ3v) is 3.03. The second-order valence-corrected chi connectivity index (χ2v) is 4.66. The Balaban J connectivity index is 2.18. The molecule has 0 aromatic heterocycles. The van der Waals surface area contributed by atoms with Crippen LogP contribution in [0.25, 0.3) is 0 Å². The molecule has 0 bridgehead atoms. The number of ether oxygens (including phenoxy) is 2. The molecule has 3 nitrogen and oxygen atoms in total. The Hall–Kier alpha value is -1.29. The Morgan fingerprint density at radius 2 is 2.11 bits per heavy atom. The molecule has 18 heavy (non-hydrogen) atoms. The highest BCUT2D eigenvalue weighted by Crippen LogP contribution is 2.37. The number of hydrogen-bond donors (Lipinski definition) is 1. The normalized spacial score (nSPS) is 14.6. The first kappa shape index (κ1) is 13.1. The predicted molar refractivity (Wildman–Crippen MR) is 68.6 cm³/mol. The summed E-state index contributed by atoms with van der Waals surface area (Å²) in [6, 6.07) is 2.92. The third-order valence-electron chi connectivity index (χ3n) is 3.03. The SMILES string of the molecule is COc1cc(F)cc(CCCCN)c1OC1CC1. The Morgan fingerprint density at radius 1 is 1.33 bits per heavy atom. The van der Waals surface area contributed by atoms with E-state index in [2.05, 4.69) is 0 Å². The van der Waals surface area contributed by atoms with Crippen LogP contribution in [0.15, 0.2) is 12.1 Å². The van der Waals surface area contributed by atoms with E-state index in [1.807, 2.05) is 0 Å². The van der Waals surface area contributed by atoms with E-state index in [1.165, 1.54) is 19.2 Å². The molecule has 0 aliphatic heterocycles. The highest BCUT2D eigenvalue weighted by atomic mass is 19.1. The topological polar surface area (TPSA) is 44.5 Å². The number of hydrogen-bond acceptors (Lipinski definition) is 3. The summed E-state index contributed by atoms with van der Waals surface area (Å²) in [6.07, 6.45) is 5.06. The molecule has 1 fully saturated rings. The zero-order valence-corrected chi connectivity index (χ0v) is 10.7. The van der Waals surface area contributed by atoms with Crippen LogP contribution in [-0.4, -0.2) is 19.8 Å². The number of nitrogens with two attached hydrogens (primary N) is 1. The molecule has 4 heteroatoms. The van der Waals surface area contributed by atoms with Gasteiger partial charge in [0.05, 0.1) is 13.2 Å². The van der Waals surface area contributed by atoms with Crippen molar-refractivity contribution in [2.75, 3.05) is 13.7 Å². The standard InChI is InChI=1S/C14H20FNO2/c1-17-13-9-11(15)8-10(4-2-3-7-16)14(13)18-12-5-6-12/h8-9,12H,2-7,16H2,1H3. The van der Waals surface area contributed by atoms with Gasteiger partial charge in [0, 0.05) is 11.6 Å². The first-order chi connectivity index (χ1) is 8.74. The Labute approximate surface area is 107 Å². The minimum absolute atomic E-state index is 0.276. The van der Waals surface area contributed by atoms with Crippen LogP contribution >= 0.6 is 0 Å². The lowest BCUT2D eigenvalue weighted by atomic mass is 10.1. The smallest absolute Gasteiger partial charge is 0.164 e. The van der Waals surface area contributed by atoms with Crippen molar-refractivity contribution in [3.05, 3.63) is 23.5 Å². The van der Waals surface area contributed by atoms with E-state index in [4.69, 9.17) is 15.2 Å². The van der Waals surface area contributed by atoms with E-state index in [0.717, 1.165) is 37.7 Å². The van der Waals surface area contributed by atoms with E-state index >= 15 is 0 Å². The minimum Gasteiger partial charge on any atom is -0.493 e. The summed E-state index contributed by atoms with van der Waals surface area (Å²) in [7, 11) is 1.54. The molecular formula is C14H20FNO2. The fourth-order valence-electron chi connectivity index (χ4n) is 1.91. The van der Waals surface area contributed by atoms with Gasteiger partial charge in [0.15, 0.2) is 11.5 Å². The molecule has 1 aliphatic carbocycles. The second-order valence-electron chi connectivity index (χ2n) is 4.66. The first-order valence-electron chi connectivity index (χ1n) is 6.47. The molecule has 0 radical (unpaired) electrons. The van der Waals surface area contributed by atoms with Crippen molar-refractivity contribution in [1.29, 1.82) is 0 Å². The lowest BCUT2D eigenvalue weighted by Gasteiger charge is -2.15. The fourth-order valence-corrected chi connectivity index (χ4v) is 1.91. The number of rotatable bonds is 7. The molecular weight excluding hydrogens is 233 g/mol. The number of aryl methyl sites for hydroxylation is 1. The van der Waals surface area contributed by atoms with Crippen molar-refractivity contribution in [3.8, 4) is 11.5 Å². The van der Waals surface area contributed by atoms with E-state index in [1.54, 1.807) is 0 Å². The van der Waals surface area contributed by atoms with Gasteiger partial charge >= 0.3 is 0 Å². The number of halogens is 1. The zero-order chi connectivity index (χ0) is 13.0. The van der Waals surface area contributed by atoms with Crippen LogP contribution in [0.2, 0.25) is 0 Å².